The third-order valence-corrected chi connectivity index (χ3v) is 5.52. The first-order valence-electron chi connectivity index (χ1n) is 8.95. The molecule has 5 heteroatoms. The number of benzene rings is 2. The van der Waals surface area contributed by atoms with E-state index in [1.807, 2.05) is 48.5 Å². The average molecular weight is 392 g/mol. The lowest BCUT2D eigenvalue weighted by Gasteiger charge is -2.26. The number of ether oxygens (including phenoxy) is 1. The molecule has 0 aliphatic carbocycles. The van der Waals surface area contributed by atoms with Gasteiger partial charge in [0.25, 0.3) is 0 Å². The SMILES string of the molecule is CC(c1ccc(Cl)cc1)C(CNC(=O)C1CCCO1)c1ccc(Cl)cc1. The largest absolute Gasteiger partial charge is 0.368 e. The Morgan fingerprint density at radius 2 is 1.65 bits per heavy atom. The summed E-state index contributed by atoms with van der Waals surface area (Å²) in [5, 5.41) is 4.50. The molecule has 1 fully saturated rings. The van der Waals surface area contributed by atoms with Crippen molar-refractivity contribution in [3.8, 4) is 0 Å². The predicted molar refractivity (Wildman–Crippen MR) is 106 cm³/mol. The van der Waals surface area contributed by atoms with Gasteiger partial charge in [-0.3, -0.25) is 4.79 Å². The zero-order chi connectivity index (χ0) is 18.5. The summed E-state index contributed by atoms with van der Waals surface area (Å²) in [7, 11) is 0. The Hall–Kier alpha value is -1.55. The lowest BCUT2D eigenvalue weighted by molar-refractivity contribution is -0.130. The standard InChI is InChI=1S/C21H23Cl2NO2/c1-14(15-4-8-17(22)9-5-15)19(16-6-10-18(23)11-7-16)13-24-21(25)20-3-2-12-26-20/h4-11,14,19-20H,2-3,12-13H2,1H3,(H,24,25). The van der Waals surface area contributed by atoms with E-state index in [0.29, 0.717) is 18.2 Å². The lowest BCUT2D eigenvalue weighted by Crippen LogP contribution is -2.37. The molecule has 1 N–H and O–H groups in total. The van der Waals surface area contributed by atoms with Gasteiger partial charge in [-0.05, 0) is 54.2 Å². The summed E-state index contributed by atoms with van der Waals surface area (Å²) in [5.41, 5.74) is 2.32. The molecule has 138 valence electrons. The molecule has 1 heterocycles. The predicted octanol–water partition coefficient (Wildman–Crippen LogP) is 5.18. The number of hydrogen-bond donors (Lipinski definition) is 1. The second-order valence-corrected chi connectivity index (χ2v) is 7.62. The van der Waals surface area contributed by atoms with Gasteiger partial charge in [0.05, 0.1) is 0 Å². The normalized spacial score (nSPS) is 19.1. The van der Waals surface area contributed by atoms with Crippen LogP contribution in [0.1, 0.15) is 42.7 Å². The highest BCUT2D eigenvalue weighted by Crippen LogP contribution is 2.33. The van der Waals surface area contributed by atoms with Crippen LogP contribution in [0.2, 0.25) is 10.0 Å². The monoisotopic (exact) mass is 391 g/mol. The minimum Gasteiger partial charge on any atom is -0.368 e. The van der Waals surface area contributed by atoms with Crippen molar-refractivity contribution in [2.45, 2.75) is 37.7 Å². The molecule has 0 radical (unpaired) electrons. The van der Waals surface area contributed by atoms with Crippen LogP contribution in [-0.2, 0) is 9.53 Å². The fourth-order valence-corrected chi connectivity index (χ4v) is 3.65. The molecular weight excluding hydrogens is 369 g/mol. The number of carbonyl (C=O) groups excluding carboxylic acids is 1. The topological polar surface area (TPSA) is 38.3 Å². The third-order valence-electron chi connectivity index (χ3n) is 5.02. The Labute approximate surface area is 164 Å². The molecule has 1 aliphatic rings. The van der Waals surface area contributed by atoms with Crippen LogP contribution in [-0.4, -0.2) is 25.2 Å². The van der Waals surface area contributed by atoms with Crippen molar-refractivity contribution in [3.05, 3.63) is 69.7 Å². The van der Waals surface area contributed by atoms with E-state index >= 15 is 0 Å². The van der Waals surface area contributed by atoms with Crippen molar-refractivity contribution in [1.29, 1.82) is 0 Å². The second kappa shape index (κ2) is 8.90. The number of halogens is 2. The molecule has 0 bridgehead atoms. The van der Waals surface area contributed by atoms with E-state index < -0.39 is 0 Å². The van der Waals surface area contributed by atoms with Crippen molar-refractivity contribution in [3.63, 3.8) is 0 Å². The molecule has 3 unspecified atom stereocenters. The summed E-state index contributed by atoms with van der Waals surface area (Å²) < 4.78 is 5.48. The van der Waals surface area contributed by atoms with Gasteiger partial charge in [-0.2, -0.15) is 0 Å². The Bertz CT molecular complexity index is 725. The Balaban J connectivity index is 1.77. The van der Waals surface area contributed by atoms with Crippen molar-refractivity contribution >= 4 is 29.1 Å². The summed E-state index contributed by atoms with van der Waals surface area (Å²) in [4.78, 5) is 12.4. The molecule has 3 nitrogen and oxygen atoms in total. The number of carbonyl (C=O) groups is 1. The highest BCUT2D eigenvalue weighted by atomic mass is 35.5. The lowest BCUT2D eigenvalue weighted by atomic mass is 9.82. The fourth-order valence-electron chi connectivity index (χ4n) is 3.40. The molecule has 1 aliphatic heterocycles. The quantitative estimate of drug-likeness (QED) is 0.736. The van der Waals surface area contributed by atoms with Crippen LogP contribution in [0.15, 0.2) is 48.5 Å². The Kier molecular flexibility index (Phi) is 6.58. The highest BCUT2D eigenvalue weighted by molar-refractivity contribution is 6.30. The van der Waals surface area contributed by atoms with Gasteiger partial charge in [-0.15, -0.1) is 0 Å². The van der Waals surface area contributed by atoms with Gasteiger partial charge >= 0.3 is 0 Å². The van der Waals surface area contributed by atoms with Gasteiger partial charge in [0.2, 0.25) is 5.91 Å². The molecule has 1 amide bonds. The Morgan fingerprint density at radius 1 is 1.08 bits per heavy atom. The van der Waals surface area contributed by atoms with E-state index in [9.17, 15) is 4.79 Å². The summed E-state index contributed by atoms with van der Waals surface area (Å²) in [6, 6.07) is 15.7. The summed E-state index contributed by atoms with van der Waals surface area (Å²) in [5.74, 6) is 0.307. The van der Waals surface area contributed by atoms with Gasteiger partial charge in [-0.25, -0.2) is 0 Å². The van der Waals surface area contributed by atoms with Crippen LogP contribution in [0.3, 0.4) is 0 Å². The minimum atomic E-state index is -0.313. The Morgan fingerprint density at radius 3 is 2.19 bits per heavy atom. The zero-order valence-electron chi connectivity index (χ0n) is 14.8. The van der Waals surface area contributed by atoms with E-state index in [2.05, 4.69) is 12.2 Å². The first kappa shape index (κ1) is 19.2. The van der Waals surface area contributed by atoms with E-state index in [-0.39, 0.29) is 23.8 Å². The fraction of sp³-hybridized carbons (Fsp3) is 0.381. The van der Waals surface area contributed by atoms with E-state index in [4.69, 9.17) is 27.9 Å². The van der Waals surface area contributed by atoms with Crippen molar-refractivity contribution < 1.29 is 9.53 Å². The van der Waals surface area contributed by atoms with Crippen molar-refractivity contribution in [2.75, 3.05) is 13.2 Å². The van der Waals surface area contributed by atoms with Crippen LogP contribution in [0, 0.1) is 0 Å². The molecule has 2 aromatic carbocycles. The zero-order valence-corrected chi connectivity index (χ0v) is 16.3. The van der Waals surface area contributed by atoms with Crippen molar-refractivity contribution in [2.24, 2.45) is 0 Å². The molecular formula is C21H23Cl2NO2. The third kappa shape index (κ3) is 4.79. The molecule has 2 aromatic rings. The maximum Gasteiger partial charge on any atom is 0.249 e. The van der Waals surface area contributed by atoms with Crippen LogP contribution in [0.4, 0.5) is 0 Å². The van der Waals surface area contributed by atoms with Crippen LogP contribution in [0.5, 0.6) is 0 Å². The second-order valence-electron chi connectivity index (χ2n) is 6.75. The van der Waals surface area contributed by atoms with Gasteiger partial charge in [0.15, 0.2) is 0 Å². The number of amides is 1. The van der Waals surface area contributed by atoms with Gasteiger partial charge in [0.1, 0.15) is 6.10 Å². The average Bonchev–Trinajstić information content (AvgIpc) is 3.18. The molecule has 3 rings (SSSR count). The van der Waals surface area contributed by atoms with Crippen LogP contribution < -0.4 is 5.32 Å². The number of hydrogen-bond acceptors (Lipinski definition) is 2. The van der Waals surface area contributed by atoms with Gasteiger partial charge in [0, 0.05) is 29.1 Å². The molecule has 0 aromatic heterocycles. The van der Waals surface area contributed by atoms with Crippen molar-refractivity contribution in [1.82, 2.24) is 5.32 Å². The molecule has 0 saturated carbocycles. The van der Waals surface area contributed by atoms with Gasteiger partial charge < -0.3 is 10.1 Å². The van der Waals surface area contributed by atoms with Gasteiger partial charge in [-0.1, -0.05) is 54.4 Å². The van der Waals surface area contributed by atoms with E-state index in [1.165, 1.54) is 5.56 Å². The first-order chi connectivity index (χ1) is 12.5. The molecule has 0 spiro atoms. The van der Waals surface area contributed by atoms with E-state index in [1.54, 1.807) is 0 Å². The van der Waals surface area contributed by atoms with E-state index in [0.717, 1.165) is 23.4 Å². The summed E-state index contributed by atoms with van der Waals surface area (Å²) in [6.45, 7) is 3.38. The summed E-state index contributed by atoms with van der Waals surface area (Å²) in [6.07, 6.45) is 1.43. The maximum atomic E-state index is 12.4. The smallest absolute Gasteiger partial charge is 0.249 e. The molecule has 26 heavy (non-hydrogen) atoms. The number of rotatable bonds is 6. The highest BCUT2D eigenvalue weighted by Gasteiger charge is 2.26. The molecule has 1 saturated heterocycles. The number of nitrogens with one attached hydrogen (secondary N) is 1. The first-order valence-corrected chi connectivity index (χ1v) is 9.70. The molecule has 3 atom stereocenters. The summed E-state index contributed by atoms with van der Waals surface area (Å²) >= 11 is 12.1. The van der Waals surface area contributed by atoms with Crippen LogP contribution >= 0.6 is 23.2 Å². The maximum absolute atomic E-state index is 12.4. The minimum absolute atomic E-state index is 0.0234. The van der Waals surface area contributed by atoms with Crippen LogP contribution in [0.25, 0.3) is 0 Å².